The second kappa shape index (κ2) is 30.4. The number of nitrogens with two attached hydrogens (primary N) is 1. The van der Waals surface area contributed by atoms with Crippen molar-refractivity contribution in [2.75, 3.05) is 37.4 Å². The summed E-state index contributed by atoms with van der Waals surface area (Å²) in [6, 6.07) is 10.8. The number of aliphatic carboxylic acids is 2. The van der Waals surface area contributed by atoms with Gasteiger partial charge in [0.05, 0.1) is 55.6 Å². The summed E-state index contributed by atoms with van der Waals surface area (Å²) in [7, 11) is 0. The normalized spacial score (nSPS) is 12.1. The van der Waals surface area contributed by atoms with Gasteiger partial charge in [0, 0.05) is 66.4 Å². The third-order valence-electron chi connectivity index (χ3n) is 10.6. The summed E-state index contributed by atoms with van der Waals surface area (Å²) in [4.78, 5) is 138. The summed E-state index contributed by atoms with van der Waals surface area (Å²) in [6.45, 7) is 5.39. The highest BCUT2D eigenvalue weighted by Gasteiger charge is 2.34. The molecule has 3 atom stereocenters. The van der Waals surface area contributed by atoms with Gasteiger partial charge < -0.3 is 67.1 Å². The molecule has 13 N–H and O–H groups in total. The number of carboxylic acids is 2. The molecule has 0 unspecified atom stereocenters. The van der Waals surface area contributed by atoms with Crippen molar-refractivity contribution in [2.45, 2.75) is 78.2 Å². The minimum atomic E-state index is -1.42. The Morgan fingerprint density at radius 2 is 1.19 bits per heavy atom. The number of hydrogen-bond donors (Lipinski definition) is 12. The Bertz CT molecular complexity index is 2840. The maximum absolute atomic E-state index is 12.3. The Hall–Kier alpha value is -9.19. The standard InChI is InChI=1S/C19H19N7O6.2C15H20N2O6/c20-19-25-15-14(17(30)26-19)23-11(8-22-15)7-21-10-3-1-9(2-4-10)16(29)24-12(18(31)32)5-6-13(27)28;2*1-15(2,9-18)12(20)13(21)17-7-5-11(19)23-14(22)10-4-3-6-16-8-10/h1-4,8,12,21H,5-7H2,(H,24,29)(H,27,28)(H,31,32)(H3,20,22,25,26,30);2*3-4,6,8,12,18,20H,5,7,9H2,1-2H3,(H,17,21)/t3*12-/m000/s1. The van der Waals surface area contributed by atoms with Crippen LogP contribution in [0.15, 0.2) is 84.3 Å². The van der Waals surface area contributed by atoms with E-state index in [1.54, 1.807) is 12.1 Å². The summed E-state index contributed by atoms with van der Waals surface area (Å²) in [5.74, 6) is -7.85. The van der Waals surface area contributed by atoms with E-state index < -0.39 is 88.2 Å². The molecule has 418 valence electrons. The first-order valence-corrected chi connectivity index (χ1v) is 23.3. The van der Waals surface area contributed by atoms with Gasteiger partial charge in [0.25, 0.3) is 11.5 Å². The number of anilines is 2. The van der Waals surface area contributed by atoms with Crippen molar-refractivity contribution in [1.82, 2.24) is 45.9 Å². The minimum absolute atomic E-state index is 0.0524. The van der Waals surface area contributed by atoms with Crippen LogP contribution in [0.4, 0.5) is 11.6 Å². The van der Waals surface area contributed by atoms with Gasteiger partial charge in [-0.2, -0.15) is 4.98 Å². The van der Waals surface area contributed by atoms with Crippen molar-refractivity contribution >= 4 is 76.3 Å². The molecule has 0 saturated heterocycles. The van der Waals surface area contributed by atoms with Crippen LogP contribution < -0.4 is 32.6 Å². The summed E-state index contributed by atoms with van der Waals surface area (Å²) in [5.41, 5.74) is 4.76. The number of amides is 3. The van der Waals surface area contributed by atoms with Crippen molar-refractivity contribution in [1.29, 1.82) is 0 Å². The van der Waals surface area contributed by atoms with Gasteiger partial charge in [-0.1, -0.05) is 27.7 Å². The number of aromatic nitrogens is 6. The number of carbonyl (C=O) groups is 9. The van der Waals surface area contributed by atoms with Crippen LogP contribution in [0.1, 0.15) is 90.1 Å². The number of aliphatic hydroxyl groups excluding tert-OH is 4. The van der Waals surface area contributed by atoms with E-state index in [1.165, 1.54) is 95.1 Å². The number of fused-ring (bicyclic) bond motifs is 1. The summed E-state index contributed by atoms with van der Waals surface area (Å²) in [5, 5.41) is 65.5. The third-order valence-corrected chi connectivity index (χ3v) is 10.6. The monoisotopic (exact) mass is 1090 g/mol. The predicted octanol–water partition coefficient (Wildman–Crippen LogP) is -0.743. The molecular weight excluding hydrogens is 1030 g/mol. The molecule has 4 aromatic heterocycles. The number of ether oxygens (including phenoxy) is 2. The maximum Gasteiger partial charge on any atom is 0.347 e. The van der Waals surface area contributed by atoms with Crippen molar-refractivity contribution in [3.63, 3.8) is 0 Å². The van der Waals surface area contributed by atoms with Crippen LogP contribution in [0.25, 0.3) is 11.2 Å². The van der Waals surface area contributed by atoms with Gasteiger partial charge in [-0.25, -0.2) is 24.4 Å². The lowest BCUT2D eigenvalue weighted by atomic mass is 9.87. The zero-order chi connectivity index (χ0) is 58.2. The van der Waals surface area contributed by atoms with E-state index in [-0.39, 0.29) is 92.3 Å². The fourth-order valence-corrected chi connectivity index (χ4v) is 5.80. The number of benzene rings is 1. The fourth-order valence-electron chi connectivity index (χ4n) is 5.80. The Kier molecular flexibility index (Phi) is 24.6. The zero-order valence-electron chi connectivity index (χ0n) is 42.5. The molecule has 29 heteroatoms. The predicted molar refractivity (Wildman–Crippen MR) is 270 cm³/mol. The van der Waals surface area contributed by atoms with Crippen LogP contribution in [0.2, 0.25) is 0 Å². The largest absolute Gasteiger partial charge is 0.481 e. The second-order valence-corrected chi connectivity index (χ2v) is 17.9. The van der Waals surface area contributed by atoms with Gasteiger partial charge in [0.2, 0.25) is 17.8 Å². The van der Waals surface area contributed by atoms with E-state index >= 15 is 0 Å². The van der Waals surface area contributed by atoms with Crippen LogP contribution in [-0.4, -0.2) is 159 Å². The number of nitrogens with zero attached hydrogens (tertiary/aromatic N) is 5. The summed E-state index contributed by atoms with van der Waals surface area (Å²) < 4.78 is 9.19. The molecule has 0 fully saturated rings. The van der Waals surface area contributed by atoms with E-state index in [0.717, 1.165) is 0 Å². The Balaban J connectivity index is 0.000000315. The van der Waals surface area contributed by atoms with Crippen molar-refractivity contribution in [3.8, 4) is 0 Å². The molecule has 5 aromatic rings. The smallest absolute Gasteiger partial charge is 0.347 e. The van der Waals surface area contributed by atoms with Gasteiger partial charge >= 0.3 is 35.8 Å². The first-order valence-electron chi connectivity index (χ1n) is 23.3. The molecule has 0 spiro atoms. The average Bonchev–Trinajstić information content (AvgIpc) is 3.43. The molecule has 4 heterocycles. The highest BCUT2D eigenvalue weighted by atomic mass is 16.6. The van der Waals surface area contributed by atoms with Crippen LogP contribution >= 0.6 is 0 Å². The Morgan fingerprint density at radius 3 is 1.63 bits per heavy atom. The Morgan fingerprint density at radius 1 is 0.692 bits per heavy atom. The van der Waals surface area contributed by atoms with E-state index in [0.29, 0.717) is 11.4 Å². The molecule has 29 nitrogen and oxygen atoms in total. The SMILES string of the molecule is CC(C)(CO)[C@@H](O)C(=O)NCCC(=O)OC(=O)c1cccnc1.CC(C)(CO)[C@@H](O)C(=O)NCCC(=O)OC(=O)c1cccnc1.Nc1nc2ncc(CNc3ccc(C(=O)N[C@@H](CCC(=O)O)C(=O)O)cc3)nc2c(=O)[nH]1. The van der Waals surface area contributed by atoms with Crippen molar-refractivity contribution in [3.05, 3.63) is 112 Å². The van der Waals surface area contributed by atoms with Crippen molar-refractivity contribution in [2.24, 2.45) is 10.8 Å². The molecule has 3 amide bonds. The van der Waals surface area contributed by atoms with Gasteiger partial charge in [-0.3, -0.25) is 48.5 Å². The number of H-pyrrole nitrogens is 1. The molecule has 78 heavy (non-hydrogen) atoms. The van der Waals surface area contributed by atoms with Crippen LogP contribution in [-0.2, 0) is 44.8 Å². The lowest BCUT2D eigenvalue weighted by Gasteiger charge is -2.27. The van der Waals surface area contributed by atoms with Gasteiger partial charge in [0.15, 0.2) is 11.2 Å². The van der Waals surface area contributed by atoms with Gasteiger partial charge in [-0.15, -0.1) is 0 Å². The molecule has 1 aromatic carbocycles. The van der Waals surface area contributed by atoms with Gasteiger partial charge in [0.1, 0.15) is 18.2 Å². The first-order chi connectivity index (χ1) is 36.8. The van der Waals surface area contributed by atoms with Crippen LogP contribution in [0, 0.1) is 10.8 Å². The zero-order valence-corrected chi connectivity index (χ0v) is 42.5. The highest BCUT2D eigenvalue weighted by molar-refractivity contribution is 5.98. The number of carboxylic acid groups (broad SMARTS) is 2. The Labute approximate surface area is 443 Å². The number of nitrogen functional groups attached to an aromatic ring is 1. The number of nitrogens with one attached hydrogen (secondary N) is 5. The first kappa shape index (κ1) is 63.1. The van der Waals surface area contributed by atoms with E-state index in [1.807, 2.05) is 0 Å². The number of rotatable bonds is 23. The molecule has 0 radical (unpaired) electrons. The molecule has 0 aliphatic heterocycles. The molecule has 0 aliphatic rings. The van der Waals surface area contributed by atoms with E-state index in [2.05, 4.69) is 60.6 Å². The lowest BCUT2D eigenvalue weighted by molar-refractivity contribution is -0.142. The van der Waals surface area contributed by atoms with E-state index in [4.69, 9.17) is 26.2 Å². The topological polar surface area (TPSA) is 465 Å². The number of aromatic amines is 1. The molecule has 5 rings (SSSR count). The van der Waals surface area contributed by atoms with Crippen LogP contribution in [0.5, 0.6) is 0 Å². The number of aliphatic hydroxyl groups is 4. The number of carbonyl (C=O) groups excluding carboxylic acids is 7. The van der Waals surface area contributed by atoms with Crippen LogP contribution in [0.3, 0.4) is 0 Å². The number of pyridine rings is 2. The number of esters is 4. The number of hydrogen-bond acceptors (Lipinski definition) is 23. The summed E-state index contributed by atoms with van der Waals surface area (Å²) in [6.07, 6.45) is 3.04. The van der Waals surface area contributed by atoms with Crippen molar-refractivity contribution < 1.29 is 83.3 Å². The summed E-state index contributed by atoms with van der Waals surface area (Å²) >= 11 is 0. The average molecular weight is 1090 g/mol. The van der Waals surface area contributed by atoms with Gasteiger partial charge in [-0.05, 0) is 55.0 Å². The molecular formula is C49H59N11O18. The molecule has 0 bridgehead atoms. The fraction of sp³-hybridized carbons (Fsp3) is 0.367. The third kappa shape index (κ3) is 20.8. The molecule has 0 saturated carbocycles. The quantitative estimate of drug-likeness (QED) is 0.0283. The minimum Gasteiger partial charge on any atom is -0.481 e. The second-order valence-electron chi connectivity index (χ2n) is 17.9. The van der Waals surface area contributed by atoms with E-state index in [9.17, 15) is 58.2 Å². The maximum atomic E-state index is 12.3. The highest BCUT2D eigenvalue weighted by Crippen LogP contribution is 2.21. The molecule has 0 aliphatic carbocycles. The lowest BCUT2D eigenvalue weighted by Crippen LogP contribution is -2.46.